The molecular formula is C21H23F3N6. The van der Waals surface area contributed by atoms with Crippen LogP contribution in [0.2, 0.25) is 0 Å². The van der Waals surface area contributed by atoms with E-state index in [4.69, 9.17) is 0 Å². The lowest BCUT2D eigenvalue weighted by atomic mass is 10.0. The first-order valence-corrected chi connectivity index (χ1v) is 9.81. The molecule has 6 nitrogen and oxygen atoms in total. The first-order valence-electron chi connectivity index (χ1n) is 9.81. The predicted octanol–water partition coefficient (Wildman–Crippen LogP) is 3.97. The van der Waals surface area contributed by atoms with E-state index in [0.717, 1.165) is 49.4 Å². The minimum absolute atomic E-state index is 0.389. The Morgan fingerprint density at radius 3 is 2.50 bits per heavy atom. The highest BCUT2D eigenvalue weighted by molar-refractivity contribution is 5.91. The second kappa shape index (κ2) is 8.06. The minimum Gasteiger partial charge on any atom is -0.369 e. The number of rotatable bonds is 4. The fourth-order valence-electron chi connectivity index (χ4n) is 3.61. The minimum atomic E-state index is -4.38. The third-order valence-electron chi connectivity index (χ3n) is 5.47. The molecule has 0 bridgehead atoms. The van der Waals surface area contributed by atoms with Crippen molar-refractivity contribution >= 4 is 22.4 Å². The highest BCUT2D eigenvalue weighted by Crippen LogP contribution is 2.32. The lowest BCUT2D eigenvalue weighted by Gasteiger charge is -2.34. The fraction of sp³-hybridized carbons (Fsp3) is 0.381. The Balaban J connectivity index is 1.61. The van der Waals surface area contributed by atoms with Gasteiger partial charge in [-0.15, -0.1) is 10.2 Å². The molecule has 30 heavy (non-hydrogen) atoms. The van der Waals surface area contributed by atoms with E-state index in [1.165, 1.54) is 6.07 Å². The summed E-state index contributed by atoms with van der Waals surface area (Å²) in [5, 5.41) is 16.0. The molecule has 0 saturated carbocycles. The molecule has 0 aliphatic carbocycles. The summed E-state index contributed by atoms with van der Waals surface area (Å²) in [6, 6.07) is 10.9. The van der Waals surface area contributed by atoms with Gasteiger partial charge in [0.2, 0.25) is 0 Å². The molecule has 1 N–H and O–H groups in total. The molecule has 1 saturated heterocycles. The van der Waals surface area contributed by atoms with Crippen LogP contribution in [-0.2, 0) is 6.18 Å². The molecule has 0 radical (unpaired) electrons. The number of benzene rings is 2. The molecule has 1 aliphatic rings. The maximum absolute atomic E-state index is 13.1. The lowest BCUT2D eigenvalue weighted by Crippen LogP contribution is -2.44. The topological polar surface area (TPSA) is 57.2 Å². The summed E-state index contributed by atoms with van der Waals surface area (Å²) in [4.78, 5) is 4.59. The maximum Gasteiger partial charge on any atom is 0.416 e. The first-order chi connectivity index (χ1) is 14.3. The number of fused-ring (bicyclic) bond motifs is 1. The normalized spacial score (nSPS) is 16.6. The van der Waals surface area contributed by atoms with Crippen molar-refractivity contribution < 1.29 is 13.2 Å². The van der Waals surface area contributed by atoms with E-state index in [0.29, 0.717) is 16.9 Å². The Hall–Kier alpha value is -2.94. The van der Waals surface area contributed by atoms with Crippen LogP contribution in [0.25, 0.3) is 10.9 Å². The number of hydrogen-bond donors (Lipinski definition) is 1. The monoisotopic (exact) mass is 416 g/mol. The van der Waals surface area contributed by atoms with Gasteiger partial charge in [0.15, 0.2) is 5.82 Å². The van der Waals surface area contributed by atoms with Gasteiger partial charge in [-0.3, -0.25) is 0 Å². The van der Waals surface area contributed by atoms with Gasteiger partial charge in [-0.2, -0.15) is 13.2 Å². The average molecular weight is 416 g/mol. The number of alkyl halides is 3. The van der Waals surface area contributed by atoms with Crippen LogP contribution in [0, 0.1) is 0 Å². The van der Waals surface area contributed by atoms with Crippen LogP contribution in [-0.4, -0.2) is 53.5 Å². The summed E-state index contributed by atoms with van der Waals surface area (Å²) in [5.41, 5.74) is 1.60. The summed E-state index contributed by atoms with van der Waals surface area (Å²) in [6.07, 6.45) is -4.38. The van der Waals surface area contributed by atoms with Crippen molar-refractivity contribution in [3.05, 3.63) is 53.6 Å². The van der Waals surface area contributed by atoms with Crippen molar-refractivity contribution in [1.29, 1.82) is 0 Å². The van der Waals surface area contributed by atoms with Crippen LogP contribution in [0.15, 0.2) is 42.5 Å². The number of aromatic nitrogens is 3. The summed E-state index contributed by atoms with van der Waals surface area (Å²) >= 11 is 0. The van der Waals surface area contributed by atoms with E-state index in [9.17, 15) is 13.2 Å². The van der Waals surface area contributed by atoms with Gasteiger partial charge < -0.3 is 15.1 Å². The van der Waals surface area contributed by atoms with E-state index in [1.54, 1.807) is 13.0 Å². The zero-order valence-electron chi connectivity index (χ0n) is 16.8. The number of halogens is 3. The Morgan fingerprint density at radius 2 is 1.77 bits per heavy atom. The molecule has 0 spiro atoms. The smallest absolute Gasteiger partial charge is 0.369 e. The summed E-state index contributed by atoms with van der Waals surface area (Å²) in [7, 11) is 2.11. The number of hydrogen-bond acceptors (Lipinski definition) is 6. The largest absolute Gasteiger partial charge is 0.416 e. The van der Waals surface area contributed by atoms with Gasteiger partial charge in [0.1, 0.15) is 0 Å². The van der Waals surface area contributed by atoms with Gasteiger partial charge in [0.25, 0.3) is 0 Å². The molecular weight excluding hydrogens is 393 g/mol. The third kappa shape index (κ3) is 4.30. The summed E-state index contributed by atoms with van der Waals surface area (Å²) in [6.45, 7) is 5.63. The van der Waals surface area contributed by atoms with Gasteiger partial charge in [0, 0.05) is 37.3 Å². The SMILES string of the molecule is C[C@@H](Nc1nnnc2ccc(N3CCN(C)CC3)cc12)c1cccc(C(F)(F)F)c1. The van der Waals surface area contributed by atoms with Crippen molar-refractivity contribution in [2.24, 2.45) is 0 Å². The number of anilines is 2. The quantitative estimate of drug-likeness (QED) is 0.695. The van der Waals surface area contributed by atoms with Gasteiger partial charge in [0.05, 0.1) is 17.1 Å². The van der Waals surface area contributed by atoms with E-state index < -0.39 is 11.7 Å². The lowest BCUT2D eigenvalue weighted by molar-refractivity contribution is -0.137. The van der Waals surface area contributed by atoms with Crippen LogP contribution in [0.5, 0.6) is 0 Å². The zero-order chi connectivity index (χ0) is 21.3. The van der Waals surface area contributed by atoms with Crippen molar-refractivity contribution in [2.75, 3.05) is 43.4 Å². The zero-order valence-corrected chi connectivity index (χ0v) is 16.8. The summed E-state index contributed by atoms with van der Waals surface area (Å²) < 4.78 is 39.2. The molecule has 1 fully saturated rings. The molecule has 1 atom stereocenters. The molecule has 9 heteroatoms. The molecule has 4 rings (SSSR count). The van der Waals surface area contributed by atoms with Crippen molar-refractivity contribution in [3.8, 4) is 0 Å². The van der Waals surface area contributed by atoms with E-state index in [2.05, 4.69) is 37.6 Å². The number of likely N-dealkylation sites (N-methyl/N-ethyl adjacent to an activating group) is 1. The molecule has 3 aromatic rings. The van der Waals surface area contributed by atoms with Crippen molar-refractivity contribution in [3.63, 3.8) is 0 Å². The third-order valence-corrected chi connectivity index (χ3v) is 5.47. The molecule has 1 aromatic heterocycles. The number of nitrogens with zero attached hydrogens (tertiary/aromatic N) is 5. The molecule has 1 aliphatic heterocycles. The van der Waals surface area contributed by atoms with Gasteiger partial charge >= 0.3 is 6.18 Å². The number of nitrogens with one attached hydrogen (secondary N) is 1. The first kappa shape index (κ1) is 20.3. The second-order valence-electron chi connectivity index (χ2n) is 7.62. The van der Waals surface area contributed by atoms with Gasteiger partial charge in [-0.1, -0.05) is 12.1 Å². The van der Waals surface area contributed by atoms with Gasteiger partial charge in [-0.05, 0) is 55.1 Å². The standard InChI is InChI=1S/C21H23F3N6/c1-14(15-4-3-5-16(12-15)21(22,23)24)25-20-18-13-17(6-7-19(18)26-28-27-20)30-10-8-29(2)9-11-30/h3-7,12-14H,8-11H2,1-2H3,(H,25,26,27)/t14-/m1/s1. The van der Waals surface area contributed by atoms with Crippen LogP contribution in [0.3, 0.4) is 0 Å². The Bertz CT molecular complexity index is 1030. The molecule has 158 valence electrons. The molecule has 0 unspecified atom stereocenters. The highest BCUT2D eigenvalue weighted by atomic mass is 19.4. The van der Waals surface area contributed by atoms with E-state index in [-0.39, 0.29) is 6.04 Å². The number of piperazine rings is 1. The van der Waals surface area contributed by atoms with Crippen LogP contribution in [0.1, 0.15) is 24.1 Å². The van der Waals surface area contributed by atoms with E-state index in [1.807, 2.05) is 18.2 Å². The Labute approximate surface area is 172 Å². The Morgan fingerprint density at radius 1 is 1.00 bits per heavy atom. The fourth-order valence-corrected chi connectivity index (χ4v) is 3.61. The highest BCUT2D eigenvalue weighted by Gasteiger charge is 2.30. The van der Waals surface area contributed by atoms with Crippen LogP contribution in [0.4, 0.5) is 24.7 Å². The predicted molar refractivity (Wildman–Crippen MR) is 111 cm³/mol. The van der Waals surface area contributed by atoms with Gasteiger partial charge in [-0.25, -0.2) is 0 Å². The molecule has 2 aromatic carbocycles. The van der Waals surface area contributed by atoms with Crippen molar-refractivity contribution in [2.45, 2.75) is 19.1 Å². The second-order valence-corrected chi connectivity index (χ2v) is 7.62. The maximum atomic E-state index is 13.1. The summed E-state index contributed by atoms with van der Waals surface area (Å²) in [5.74, 6) is 0.501. The van der Waals surface area contributed by atoms with Crippen LogP contribution < -0.4 is 10.2 Å². The average Bonchev–Trinajstić information content (AvgIpc) is 2.74. The Kier molecular flexibility index (Phi) is 5.46. The van der Waals surface area contributed by atoms with E-state index >= 15 is 0 Å². The molecule has 0 amide bonds. The van der Waals surface area contributed by atoms with Crippen LogP contribution >= 0.6 is 0 Å². The van der Waals surface area contributed by atoms with Crippen molar-refractivity contribution in [1.82, 2.24) is 20.3 Å². The molecule has 2 heterocycles.